The molecule has 1 fully saturated rings. The highest BCUT2D eigenvalue weighted by Gasteiger charge is 2.23. The fourth-order valence-electron chi connectivity index (χ4n) is 3.91. The van der Waals surface area contributed by atoms with Crippen LogP contribution in [0.4, 0.5) is 0 Å². The number of Topliss-reactive ketones (excluding diaryl/α,β-unsaturated/α-hetero) is 1. The minimum atomic E-state index is -0.0268. The summed E-state index contributed by atoms with van der Waals surface area (Å²) >= 11 is 2.87. The van der Waals surface area contributed by atoms with Crippen molar-refractivity contribution in [2.75, 3.05) is 19.5 Å². The molecule has 0 N–H and O–H groups in total. The minimum Gasteiger partial charge on any atom is -0.497 e. The Morgan fingerprint density at radius 2 is 2.13 bits per heavy atom. The summed E-state index contributed by atoms with van der Waals surface area (Å²) < 4.78 is 12.7. The molecule has 1 atom stereocenters. The van der Waals surface area contributed by atoms with Gasteiger partial charge in [0.05, 0.1) is 30.9 Å². The van der Waals surface area contributed by atoms with Crippen molar-refractivity contribution in [3.8, 4) is 5.75 Å². The standard InChI is InChI=1S/C23H26N2O4S2/c1-4-18-14(2)31-21-20(18)22(27)25(12-17-6-5-11-29-17)23(24-21)30-13-19(26)15-7-9-16(28-3)10-8-15/h7-10,17H,4-6,11-13H2,1-3H3. The Morgan fingerprint density at radius 3 is 2.77 bits per heavy atom. The second kappa shape index (κ2) is 9.54. The molecule has 0 spiro atoms. The fraction of sp³-hybridized carbons (Fsp3) is 0.435. The number of rotatable bonds is 8. The van der Waals surface area contributed by atoms with E-state index in [1.807, 2.05) is 6.92 Å². The Morgan fingerprint density at radius 1 is 1.35 bits per heavy atom. The number of aromatic nitrogens is 2. The summed E-state index contributed by atoms with van der Waals surface area (Å²) in [6, 6.07) is 7.06. The summed E-state index contributed by atoms with van der Waals surface area (Å²) in [4.78, 5) is 32.9. The van der Waals surface area contributed by atoms with E-state index in [1.165, 1.54) is 11.8 Å². The topological polar surface area (TPSA) is 70.4 Å². The van der Waals surface area contributed by atoms with Crippen LogP contribution in [0.15, 0.2) is 34.2 Å². The first-order valence-electron chi connectivity index (χ1n) is 10.5. The minimum absolute atomic E-state index is 0.0118. The number of hydrogen-bond donors (Lipinski definition) is 0. The lowest BCUT2D eigenvalue weighted by Crippen LogP contribution is -2.29. The number of aryl methyl sites for hydroxylation is 2. The largest absolute Gasteiger partial charge is 0.497 e. The van der Waals surface area contributed by atoms with Crippen LogP contribution in [0.3, 0.4) is 0 Å². The molecule has 0 saturated carbocycles. The van der Waals surface area contributed by atoms with E-state index >= 15 is 0 Å². The molecule has 3 heterocycles. The molecule has 0 amide bonds. The van der Waals surface area contributed by atoms with Gasteiger partial charge in [0.2, 0.25) is 0 Å². The van der Waals surface area contributed by atoms with Crippen molar-refractivity contribution >= 4 is 39.1 Å². The number of methoxy groups -OCH3 is 1. The first-order chi connectivity index (χ1) is 15.0. The van der Waals surface area contributed by atoms with Crippen molar-refractivity contribution in [3.05, 3.63) is 50.6 Å². The van der Waals surface area contributed by atoms with Crippen molar-refractivity contribution < 1.29 is 14.3 Å². The second-order valence-electron chi connectivity index (χ2n) is 7.56. The molecule has 0 aliphatic carbocycles. The molecule has 1 aromatic carbocycles. The van der Waals surface area contributed by atoms with Gasteiger partial charge in [-0.15, -0.1) is 11.3 Å². The molecule has 8 heteroatoms. The van der Waals surface area contributed by atoms with Crippen LogP contribution in [0.5, 0.6) is 5.75 Å². The van der Waals surface area contributed by atoms with Crippen molar-refractivity contribution in [2.24, 2.45) is 0 Å². The molecule has 164 valence electrons. The number of nitrogens with zero attached hydrogens (tertiary/aromatic N) is 2. The Labute approximate surface area is 189 Å². The molecule has 6 nitrogen and oxygen atoms in total. The predicted octanol–water partition coefficient (Wildman–Crippen LogP) is 4.49. The monoisotopic (exact) mass is 458 g/mol. The molecule has 1 saturated heterocycles. The number of hydrogen-bond acceptors (Lipinski definition) is 7. The van der Waals surface area contributed by atoms with Crippen LogP contribution in [0.1, 0.15) is 40.6 Å². The van der Waals surface area contributed by atoms with Crippen LogP contribution in [0, 0.1) is 6.92 Å². The molecule has 2 aromatic heterocycles. The average Bonchev–Trinajstić information content (AvgIpc) is 3.41. The van der Waals surface area contributed by atoms with Gasteiger partial charge < -0.3 is 9.47 Å². The molecule has 3 aromatic rings. The SMILES string of the molecule is CCc1c(C)sc2nc(SCC(=O)c3ccc(OC)cc3)n(CC3CCCO3)c(=O)c12. The van der Waals surface area contributed by atoms with Crippen LogP contribution < -0.4 is 10.3 Å². The van der Waals surface area contributed by atoms with Crippen LogP contribution in [-0.2, 0) is 17.7 Å². The van der Waals surface area contributed by atoms with Gasteiger partial charge in [-0.25, -0.2) is 4.98 Å². The van der Waals surface area contributed by atoms with Crippen molar-refractivity contribution in [1.82, 2.24) is 9.55 Å². The average molecular weight is 459 g/mol. The number of carbonyl (C=O) groups is 1. The maximum atomic E-state index is 13.5. The summed E-state index contributed by atoms with van der Waals surface area (Å²) in [5.41, 5.74) is 1.66. The van der Waals surface area contributed by atoms with Crippen molar-refractivity contribution in [2.45, 2.75) is 50.9 Å². The molecular formula is C23H26N2O4S2. The van der Waals surface area contributed by atoms with Gasteiger partial charge in [-0.2, -0.15) is 0 Å². The van der Waals surface area contributed by atoms with Crippen LogP contribution in [0.2, 0.25) is 0 Å². The number of carbonyl (C=O) groups excluding carboxylic acids is 1. The number of thiophene rings is 1. The van der Waals surface area contributed by atoms with Gasteiger partial charge in [-0.05, 0) is 56.0 Å². The Bertz CT molecular complexity index is 1150. The molecular weight excluding hydrogens is 432 g/mol. The number of ether oxygens (including phenoxy) is 2. The second-order valence-corrected chi connectivity index (χ2v) is 9.70. The smallest absolute Gasteiger partial charge is 0.263 e. The van der Waals surface area contributed by atoms with Gasteiger partial charge >= 0.3 is 0 Å². The first-order valence-corrected chi connectivity index (χ1v) is 12.3. The predicted molar refractivity (Wildman–Crippen MR) is 125 cm³/mol. The van der Waals surface area contributed by atoms with E-state index in [0.29, 0.717) is 28.4 Å². The Balaban J connectivity index is 1.65. The zero-order chi connectivity index (χ0) is 22.0. The molecule has 31 heavy (non-hydrogen) atoms. The molecule has 1 aliphatic rings. The number of benzene rings is 1. The summed E-state index contributed by atoms with van der Waals surface area (Å²) in [5.74, 6) is 0.907. The van der Waals surface area contributed by atoms with E-state index < -0.39 is 0 Å². The van der Waals surface area contributed by atoms with E-state index in [1.54, 1.807) is 47.3 Å². The number of ketones is 1. The quantitative estimate of drug-likeness (QED) is 0.281. The maximum absolute atomic E-state index is 13.5. The van der Waals surface area contributed by atoms with Gasteiger partial charge in [0.15, 0.2) is 10.9 Å². The Kier molecular flexibility index (Phi) is 6.79. The van der Waals surface area contributed by atoms with Crippen LogP contribution in [-0.4, -0.2) is 40.9 Å². The zero-order valence-electron chi connectivity index (χ0n) is 18.0. The van der Waals surface area contributed by atoms with E-state index in [-0.39, 0.29) is 23.2 Å². The number of fused-ring (bicyclic) bond motifs is 1. The van der Waals surface area contributed by atoms with Gasteiger partial charge in [-0.3, -0.25) is 14.2 Å². The molecule has 1 unspecified atom stereocenters. The third kappa shape index (κ3) is 4.56. The van der Waals surface area contributed by atoms with Gasteiger partial charge in [0.1, 0.15) is 10.6 Å². The highest BCUT2D eigenvalue weighted by molar-refractivity contribution is 7.99. The van der Waals surface area contributed by atoms with E-state index in [2.05, 4.69) is 6.92 Å². The lowest BCUT2D eigenvalue weighted by atomic mass is 10.1. The highest BCUT2D eigenvalue weighted by atomic mass is 32.2. The molecule has 4 rings (SSSR count). The normalized spacial score (nSPS) is 16.2. The van der Waals surface area contributed by atoms with E-state index in [4.69, 9.17) is 14.5 Å². The lowest BCUT2D eigenvalue weighted by molar-refractivity contribution is 0.0937. The molecule has 0 bridgehead atoms. The van der Waals surface area contributed by atoms with Gasteiger partial charge in [0, 0.05) is 17.0 Å². The first kappa shape index (κ1) is 22.0. The third-order valence-electron chi connectivity index (χ3n) is 5.59. The lowest BCUT2D eigenvalue weighted by Gasteiger charge is -2.16. The van der Waals surface area contributed by atoms with E-state index in [9.17, 15) is 9.59 Å². The van der Waals surface area contributed by atoms with Crippen molar-refractivity contribution in [1.29, 1.82) is 0 Å². The zero-order valence-corrected chi connectivity index (χ0v) is 19.6. The van der Waals surface area contributed by atoms with Crippen molar-refractivity contribution in [3.63, 3.8) is 0 Å². The highest BCUT2D eigenvalue weighted by Crippen LogP contribution is 2.30. The van der Waals surface area contributed by atoms with Gasteiger partial charge in [-0.1, -0.05) is 18.7 Å². The number of thioether (sulfide) groups is 1. The summed E-state index contributed by atoms with van der Waals surface area (Å²) in [7, 11) is 1.60. The summed E-state index contributed by atoms with van der Waals surface area (Å²) in [6.45, 7) is 5.30. The Hall–Kier alpha value is -2.16. The molecule has 0 radical (unpaired) electrons. The van der Waals surface area contributed by atoms with Gasteiger partial charge in [0.25, 0.3) is 5.56 Å². The van der Waals surface area contributed by atoms with E-state index in [0.717, 1.165) is 41.1 Å². The summed E-state index contributed by atoms with van der Waals surface area (Å²) in [6.07, 6.45) is 2.75. The maximum Gasteiger partial charge on any atom is 0.263 e. The molecule has 1 aliphatic heterocycles. The van der Waals surface area contributed by atoms with Crippen LogP contribution in [0.25, 0.3) is 10.2 Å². The summed E-state index contributed by atoms with van der Waals surface area (Å²) in [5, 5.41) is 1.30. The van der Waals surface area contributed by atoms with Crippen LogP contribution >= 0.6 is 23.1 Å². The third-order valence-corrected chi connectivity index (χ3v) is 7.60. The fourth-order valence-corrected chi connectivity index (χ4v) is 5.97.